The molecule has 2 aromatic rings. The van der Waals surface area contributed by atoms with Gasteiger partial charge in [0.1, 0.15) is 0 Å². The van der Waals surface area contributed by atoms with Gasteiger partial charge in [-0.25, -0.2) is 0 Å². The SMILES string of the molecule is CSCC(=O)N1CCCN(C(=O)c2ccnc3ccccc23)CC1. The summed E-state index contributed by atoms with van der Waals surface area (Å²) in [6.45, 7) is 2.59. The normalized spacial score (nSPS) is 15.4. The highest BCUT2D eigenvalue weighted by Crippen LogP contribution is 2.19. The summed E-state index contributed by atoms with van der Waals surface area (Å²) in [7, 11) is 0. The maximum Gasteiger partial charge on any atom is 0.254 e. The van der Waals surface area contributed by atoms with E-state index in [-0.39, 0.29) is 11.8 Å². The van der Waals surface area contributed by atoms with Gasteiger partial charge in [0.05, 0.1) is 16.8 Å². The molecule has 0 bridgehead atoms. The molecule has 1 saturated heterocycles. The topological polar surface area (TPSA) is 53.5 Å². The zero-order valence-electron chi connectivity index (χ0n) is 13.8. The summed E-state index contributed by atoms with van der Waals surface area (Å²) in [5.74, 6) is 0.682. The van der Waals surface area contributed by atoms with Crippen LogP contribution in [0.1, 0.15) is 16.8 Å². The van der Waals surface area contributed by atoms with Gasteiger partial charge in [-0.2, -0.15) is 11.8 Å². The van der Waals surface area contributed by atoms with Crippen LogP contribution >= 0.6 is 11.8 Å². The van der Waals surface area contributed by atoms with Crippen LogP contribution in [-0.2, 0) is 4.79 Å². The number of carbonyl (C=O) groups is 2. The van der Waals surface area contributed by atoms with Crippen molar-refractivity contribution in [1.82, 2.24) is 14.8 Å². The highest BCUT2D eigenvalue weighted by atomic mass is 32.2. The van der Waals surface area contributed by atoms with Crippen molar-refractivity contribution in [3.63, 3.8) is 0 Å². The fourth-order valence-electron chi connectivity index (χ4n) is 3.04. The summed E-state index contributed by atoms with van der Waals surface area (Å²) in [6, 6.07) is 9.47. The maximum absolute atomic E-state index is 13.0. The Bertz CT molecular complexity index is 745. The Hall–Kier alpha value is -2.08. The highest BCUT2D eigenvalue weighted by molar-refractivity contribution is 7.99. The summed E-state index contributed by atoms with van der Waals surface area (Å²) in [6.07, 6.45) is 4.43. The molecule has 2 amide bonds. The lowest BCUT2D eigenvalue weighted by atomic mass is 10.1. The molecule has 6 heteroatoms. The lowest BCUT2D eigenvalue weighted by Crippen LogP contribution is -2.38. The Morgan fingerprint density at radius 1 is 1.08 bits per heavy atom. The van der Waals surface area contributed by atoms with E-state index in [1.165, 1.54) is 11.8 Å². The van der Waals surface area contributed by atoms with Crippen molar-refractivity contribution in [3.8, 4) is 0 Å². The summed E-state index contributed by atoms with van der Waals surface area (Å²) in [5, 5.41) is 0.879. The second-order valence-electron chi connectivity index (χ2n) is 5.84. The van der Waals surface area contributed by atoms with Crippen molar-refractivity contribution < 1.29 is 9.59 Å². The molecule has 24 heavy (non-hydrogen) atoms. The molecule has 2 heterocycles. The molecule has 0 radical (unpaired) electrons. The minimum atomic E-state index is 0.0211. The first-order chi connectivity index (χ1) is 11.7. The van der Waals surface area contributed by atoms with Crippen LogP contribution in [0, 0.1) is 0 Å². The van der Waals surface area contributed by atoms with Gasteiger partial charge in [0.2, 0.25) is 5.91 Å². The predicted molar refractivity (Wildman–Crippen MR) is 97.2 cm³/mol. The number of hydrogen-bond acceptors (Lipinski definition) is 4. The first-order valence-electron chi connectivity index (χ1n) is 8.10. The molecule has 3 rings (SSSR count). The second-order valence-corrected chi connectivity index (χ2v) is 6.70. The molecule has 0 aliphatic carbocycles. The third-order valence-electron chi connectivity index (χ3n) is 4.28. The van der Waals surface area contributed by atoms with E-state index in [0.717, 1.165) is 23.9 Å². The van der Waals surface area contributed by atoms with Gasteiger partial charge in [0.25, 0.3) is 5.91 Å². The summed E-state index contributed by atoms with van der Waals surface area (Å²) in [4.78, 5) is 33.1. The van der Waals surface area contributed by atoms with Crippen LogP contribution in [0.25, 0.3) is 10.9 Å². The van der Waals surface area contributed by atoms with E-state index in [0.29, 0.717) is 31.0 Å². The third-order valence-corrected chi connectivity index (χ3v) is 4.82. The second kappa shape index (κ2) is 7.66. The van der Waals surface area contributed by atoms with Crippen LogP contribution in [0.5, 0.6) is 0 Å². The molecular formula is C18H21N3O2S. The number of nitrogens with zero attached hydrogens (tertiary/aromatic N) is 3. The number of benzene rings is 1. The standard InChI is InChI=1S/C18H21N3O2S/c1-24-13-17(22)20-9-4-10-21(12-11-20)18(23)15-7-8-19-16-6-3-2-5-14(15)16/h2-3,5-8H,4,9-13H2,1H3. The minimum Gasteiger partial charge on any atom is -0.340 e. The fraction of sp³-hybridized carbons (Fsp3) is 0.389. The van der Waals surface area contributed by atoms with Gasteiger partial charge in [-0.15, -0.1) is 0 Å². The highest BCUT2D eigenvalue weighted by Gasteiger charge is 2.23. The molecular weight excluding hydrogens is 322 g/mol. The molecule has 0 spiro atoms. The van der Waals surface area contributed by atoms with E-state index in [2.05, 4.69) is 4.98 Å². The van der Waals surface area contributed by atoms with Crippen molar-refractivity contribution >= 4 is 34.5 Å². The van der Waals surface area contributed by atoms with E-state index in [4.69, 9.17) is 0 Å². The fourth-order valence-corrected chi connectivity index (χ4v) is 3.47. The van der Waals surface area contributed by atoms with Crippen LogP contribution in [0.15, 0.2) is 36.5 Å². The number of hydrogen-bond donors (Lipinski definition) is 0. The Balaban J connectivity index is 1.76. The monoisotopic (exact) mass is 343 g/mol. The van der Waals surface area contributed by atoms with E-state index < -0.39 is 0 Å². The molecule has 1 fully saturated rings. The number of rotatable bonds is 3. The molecule has 1 aliphatic heterocycles. The number of pyridine rings is 1. The van der Waals surface area contributed by atoms with Crippen LogP contribution < -0.4 is 0 Å². The van der Waals surface area contributed by atoms with Gasteiger partial charge < -0.3 is 9.80 Å². The Morgan fingerprint density at radius 2 is 1.83 bits per heavy atom. The average molecular weight is 343 g/mol. The lowest BCUT2D eigenvalue weighted by molar-refractivity contribution is -0.128. The quantitative estimate of drug-likeness (QED) is 0.858. The molecule has 1 aromatic heterocycles. The lowest BCUT2D eigenvalue weighted by Gasteiger charge is -2.22. The van der Waals surface area contributed by atoms with E-state index in [9.17, 15) is 9.59 Å². The molecule has 1 aliphatic rings. The van der Waals surface area contributed by atoms with Gasteiger partial charge in [0, 0.05) is 37.8 Å². The van der Waals surface area contributed by atoms with Gasteiger partial charge >= 0.3 is 0 Å². The van der Waals surface area contributed by atoms with Gasteiger partial charge in [-0.3, -0.25) is 14.6 Å². The zero-order valence-corrected chi connectivity index (χ0v) is 14.6. The first kappa shape index (κ1) is 16.8. The van der Waals surface area contributed by atoms with E-state index in [1.807, 2.05) is 40.3 Å². The summed E-state index contributed by atoms with van der Waals surface area (Å²) < 4.78 is 0. The third kappa shape index (κ3) is 3.53. The zero-order chi connectivity index (χ0) is 16.9. The molecule has 0 N–H and O–H groups in total. The molecule has 0 saturated carbocycles. The smallest absolute Gasteiger partial charge is 0.254 e. The summed E-state index contributed by atoms with van der Waals surface area (Å²) >= 11 is 1.54. The number of thioether (sulfide) groups is 1. The van der Waals surface area contributed by atoms with Crippen molar-refractivity contribution in [1.29, 1.82) is 0 Å². The van der Waals surface area contributed by atoms with Crippen molar-refractivity contribution in [3.05, 3.63) is 42.1 Å². The van der Waals surface area contributed by atoms with Gasteiger partial charge in [0.15, 0.2) is 0 Å². The van der Waals surface area contributed by atoms with Crippen LogP contribution in [0.3, 0.4) is 0 Å². The van der Waals surface area contributed by atoms with Crippen molar-refractivity contribution in [2.24, 2.45) is 0 Å². The molecule has 0 atom stereocenters. The van der Waals surface area contributed by atoms with E-state index in [1.54, 1.807) is 12.3 Å². The average Bonchev–Trinajstić information content (AvgIpc) is 2.87. The minimum absolute atomic E-state index is 0.0211. The van der Waals surface area contributed by atoms with Crippen LogP contribution in [-0.4, -0.2) is 64.8 Å². The molecule has 1 aromatic carbocycles. The number of fused-ring (bicyclic) bond motifs is 1. The largest absolute Gasteiger partial charge is 0.340 e. The Labute approximate surface area is 146 Å². The number of carbonyl (C=O) groups excluding carboxylic acids is 2. The number of para-hydroxylation sites is 1. The Morgan fingerprint density at radius 3 is 2.67 bits per heavy atom. The van der Waals surface area contributed by atoms with Crippen LogP contribution in [0.4, 0.5) is 0 Å². The molecule has 126 valence electrons. The first-order valence-corrected chi connectivity index (χ1v) is 9.50. The predicted octanol–water partition coefficient (Wildman–Crippen LogP) is 2.27. The van der Waals surface area contributed by atoms with Gasteiger partial charge in [-0.05, 0) is 24.8 Å². The van der Waals surface area contributed by atoms with E-state index >= 15 is 0 Å². The number of amides is 2. The van der Waals surface area contributed by atoms with Crippen molar-refractivity contribution in [2.45, 2.75) is 6.42 Å². The maximum atomic E-state index is 13.0. The van der Waals surface area contributed by atoms with Crippen LogP contribution in [0.2, 0.25) is 0 Å². The summed E-state index contributed by atoms with van der Waals surface area (Å²) in [5.41, 5.74) is 1.51. The number of aromatic nitrogens is 1. The Kier molecular flexibility index (Phi) is 5.35. The van der Waals surface area contributed by atoms with Gasteiger partial charge in [-0.1, -0.05) is 18.2 Å². The molecule has 0 unspecified atom stereocenters. The molecule has 5 nitrogen and oxygen atoms in total. The van der Waals surface area contributed by atoms with Crippen molar-refractivity contribution in [2.75, 3.05) is 38.2 Å².